The molecule has 196 valence electrons. The van der Waals surface area contributed by atoms with Crippen molar-refractivity contribution in [1.82, 2.24) is 20.2 Å². The minimum Gasteiger partial charge on any atom is -0.486 e. The smallest absolute Gasteiger partial charge is 0.258 e. The number of nitrogens with zero attached hydrogens (tertiary/aromatic N) is 2. The Bertz CT molecular complexity index is 1410. The Morgan fingerprint density at radius 2 is 2.03 bits per heavy atom. The lowest BCUT2D eigenvalue weighted by Crippen LogP contribution is -2.45. The molecule has 0 saturated carbocycles. The molecule has 1 saturated heterocycles. The Morgan fingerprint density at radius 1 is 1.27 bits per heavy atom. The second-order valence-electron chi connectivity index (χ2n) is 10.5. The molecule has 0 unspecified atom stereocenters. The third-order valence-electron chi connectivity index (χ3n) is 7.12. The number of nitrogens with one attached hydrogen (secondary N) is 2. The lowest BCUT2D eigenvalue weighted by Gasteiger charge is -2.32. The SMILES string of the molecule is CC1(C)Cc2c(N)c(Cl)cc(C(=O)NC3CCN(CCCc4nc5ccc(Cl)cc5c(=O)[nH]4)CC3)c2O1. The molecule has 1 aromatic heterocycles. The number of anilines is 1. The van der Waals surface area contributed by atoms with Crippen molar-refractivity contribution in [3.8, 4) is 5.75 Å². The van der Waals surface area contributed by atoms with Crippen LogP contribution >= 0.6 is 23.2 Å². The van der Waals surface area contributed by atoms with E-state index in [2.05, 4.69) is 20.2 Å². The zero-order valence-corrected chi connectivity index (χ0v) is 22.5. The minimum absolute atomic E-state index is 0.0791. The number of aromatic nitrogens is 2. The van der Waals surface area contributed by atoms with Crippen LogP contribution in [0.5, 0.6) is 5.75 Å². The number of halogens is 2. The first kappa shape index (κ1) is 25.8. The molecular formula is C27H31Cl2N5O3. The molecule has 4 N–H and O–H groups in total. The number of fused-ring (bicyclic) bond motifs is 2. The van der Waals surface area contributed by atoms with E-state index in [0.717, 1.165) is 44.5 Å². The molecule has 1 fully saturated rings. The van der Waals surface area contributed by atoms with Crippen molar-refractivity contribution in [3.63, 3.8) is 0 Å². The van der Waals surface area contributed by atoms with Gasteiger partial charge in [0.05, 0.1) is 27.2 Å². The van der Waals surface area contributed by atoms with Crippen LogP contribution in [-0.2, 0) is 12.8 Å². The molecule has 2 aromatic carbocycles. The van der Waals surface area contributed by atoms with Crippen molar-refractivity contribution >= 4 is 45.7 Å². The molecule has 2 aliphatic rings. The number of carbonyl (C=O) groups excluding carboxylic acids is 1. The number of hydrogen-bond acceptors (Lipinski definition) is 6. The summed E-state index contributed by atoms with van der Waals surface area (Å²) in [6, 6.07) is 6.84. The predicted molar refractivity (Wildman–Crippen MR) is 147 cm³/mol. The van der Waals surface area contributed by atoms with Gasteiger partial charge in [-0.3, -0.25) is 9.59 Å². The summed E-state index contributed by atoms with van der Waals surface area (Å²) in [5.74, 6) is 1.05. The largest absolute Gasteiger partial charge is 0.486 e. The molecule has 10 heteroatoms. The van der Waals surface area contributed by atoms with Crippen LogP contribution in [0, 0.1) is 0 Å². The number of nitrogen functional groups attached to an aromatic ring is 1. The van der Waals surface area contributed by atoms with E-state index in [1.165, 1.54) is 0 Å². The number of rotatable bonds is 6. The second kappa shape index (κ2) is 10.2. The van der Waals surface area contributed by atoms with E-state index < -0.39 is 5.60 Å². The highest BCUT2D eigenvalue weighted by Gasteiger charge is 2.36. The van der Waals surface area contributed by atoms with Crippen LogP contribution < -0.4 is 21.3 Å². The molecule has 0 spiro atoms. The third kappa shape index (κ3) is 5.56. The summed E-state index contributed by atoms with van der Waals surface area (Å²) < 4.78 is 6.06. The fraction of sp³-hybridized carbons (Fsp3) is 0.444. The van der Waals surface area contributed by atoms with Crippen molar-refractivity contribution in [3.05, 3.63) is 61.6 Å². The van der Waals surface area contributed by atoms with Crippen molar-refractivity contribution in [2.75, 3.05) is 25.4 Å². The summed E-state index contributed by atoms with van der Waals surface area (Å²) in [5.41, 5.74) is 7.97. The predicted octanol–water partition coefficient (Wildman–Crippen LogP) is 4.35. The number of aromatic amines is 1. The van der Waals surface area contributed by atoms with Gasteiger partial charge in [-0.1, -0.05) is 23.2 Å². The normalized spacial score (nSPS) is 17.5. The number of benzene rings is 2. The van der Waals surface area contributed by atoms with Crippen LogP contribution in [0.4, 0.5) is 5.69 Å². The number of piperidine rings is 1. The Labute approximate surface area is 225 Å². The van der Waals surface area contributed by atoms with Crippen LogP contribution in [0.15, 0.2) is 29.1 Å². The van der Waals surface area contributed by atoms with Gasteiger partial charge in [0.25, 0.3) is 11.5 Å². The number of nitrogens with two attached hydrogens (primary N) is 1. The Kier molecular flexibility index (Phi) is 7.09. The maximum Gasteiger partial charge on any atom is 0.258 e. The van der Waals surface area contributed by atoms with E-state index >= 15 is 0 Å². The fourth-order valence-corrected chi connectivity index (χ4v) is 5.61. The summed E-state index contributed by atoms with van der Waals surface area (Å²) in [5, 5.41) is 4.57. The van der Waals surface area contributed by atoms with Crippen molar-refractivity contribution < 1.29 is 9.53 Å². The van der Waals surface area contributed by atoms with E-state index in [1.807, 2.05) is 13.8 Å². The summed E-state index contributed by atoms with van der Waals surface area (Å²) in [6.45, 7) is 6.61. The number of likely N-dealkylation sites (tertiary alicyclic amines) is 1. The lowest BCUT2D eigenvalue weighted by atomic mass is 9.98. The molecule has 37 heavy (non-hydrogen) atoms. The van der Waals surface area contributed by atoms with Crippen molar-refractivity contribution in [1.29, 1.82) is 0 Å². The molecule has 8 nitrogen and oxygen atoms in total. The summed E-state index contributed by atoms with van der Waals surface area (Å²) in [7, 11) is 0. The Morgan fingerprint density at radius 3 is 2.78 bits per heavy atom. The molecule has 2 aliphatic heterocycles. The van der Waals surface area contributed by atoms with E-state index in [0.29, 0.717) is 56.6 Å². The quantitative estimate of drug-likeness (QED) is 0.398. The average Bonchev–Trinajstić information content (AvgIpc) is 3.18. The monoisotopic (exact) mass is 543 g/mol. The number of H-pyrrole nitrogens is 1. The first-order valence-corrected chi connectivity index (χ1v) is 13.4. The van der Waals surface area contributed by atoms with Gasteiger partial charge in [0.1, 0.15) is 17.2 Å². The molecule has 0 bridgehead atoms. The van der Waals surface area contributed by atoms with Crippen molar-refractivity contribution in [2.45, 2.75) is 57.6 Å². The second-order valence-corrected chi connectivity index (χ2v) is 11.4. The number of carbonyl (C=O) groups is 1. The lowest BCUT2D eigenvalue weighted by molar-refractivity contribution is 0.0898. The fourth-order valence-electron chi connectivity index (χ4n) is 5.21. The number of ether oxygens (including phenoxy) is 1. The third-order valence-corrected chi connectivity index (χ3v) is 7.67. The molecular weight excluding hydrogens is 513 g/mol. The van der Waals surface area contributed by atoms with Gasteiger partial charge in [-0.25, -0.2) is 4.98 Å². The molecule has 0 aliphatic carbocycles. The zero-order valence-electron chi connectivity index (χ0n) is 21.0. The highest BCUT2D eigenvalue weighted by Crippen LogP contribution is 2.44. The summed E-state index contributed by atoms with van der Waals surface area (Å²) in [4.78, 5) is 35.3. The van der Waals surface area contributed by atoms with Gasteiger partial charge in [0.2, 0.25) is 0 Å². The molecule has 5 rings (SSSR count). The Balaban J connectivity index is 1.13. The van der Waals surface area contributed by atoms with Crippen LogP contribution in [0.25, 0.3) is 10.9 Å². The van der Waals surface area contributed by atoms with Crippen LogP contribution in [0.3, 0.4) is 0 Å². The van der Waals surface area contributed by atoms with E-state index in [9.17, 15) is 9.59 Å². The van der Waals surface area contributed by atoms with Gasteiger partial charge in [0.15, 0.2) is 0 Å². The maximum atomic E-state index is 13.1. The molecule has 0 radical (unpaired) electrons. The molecule has 3 heterocycles. The minimum atomic E-state index is -0.426. The van der Waals surface area contributed by atoms with Crippen LogP contribution in [0.1, 0.15) is 54.9 Å². The topological polar surface area (TPSA) is 113 Å². The van der Waals surface area contributed by atoms with Crippen LogP contribution in [0.2, 0.25) is 10.0 Å². The highest BCUT2D eigenvalue weighted by molar-refractivity contribution is 6.34. The standard InChI is InChI=1S/C27H31Cl2N5O3/c1-27(2)14-19-23(30)20(29)13-18(24(19)37-27)26(36)31-16-7-10-34(11-8-16)9-3-4-22-32-21-6-5-15(28)12-17(21)25(35)33-22/h5-6,12-13,16H,3-4,7-11,14,30H2,1-2H3,(H,31,36)(H,32,33,35). The first-order chi connectivity index (χ1) is 17.6. The van der Waals surface area contributed by atoms with Gasteiger partial charge in [-0.2, -0.15) is 0 Å². The number of aryl methyl sites for hydroxylation is 1. The van der Waals surface area contributed by atoms with E-state index in [-0.39, 0.29) is 17.5 Å². The van der Waals surface area contributed by atoms with E-state index in [4.69, 9.17) is 33.7 Å². The zero-order chi connectivity index (χ0) is 26.3. The molecule has 3 aromatic rings. The van der Waals surface area contributed by atoms with Gasteiger partial charge >= 0.3 is 0 Å². The number of amides is 1. The first-order valence-electron chi connectivity index (χ1n) is 12.6. The summed E-state index contributed by atoms with van der Waals surface area (Å²) in [6.07, 6.45) is 3.89. The maximum absolute atomic E-state index is 13.1. The van der Waals surface area contributed by atoms with Crippen LogP contribution in [-0.4, -0.2) is 52.1 Å². The highest BCUT2D eigenvalue weighted by atomic mass is 35.5. The number of hydrogen-bond donors (Lipinski definition) is 3. The van der Waals surface area contributed by atoms with Gasteiger partial charge in [0, 0.05) is 42.6 Å². The average molecular weight is 544 g/mol. The molecule has 1 amide bonds. The van der Waals surface area contributed by atoms with Crippen molar-refractivity contribution in [2.24, 2.45) is 0 Å². The van der Waals surface area contributed by atoms with Gasteiger partial charge < -0.3 is 25.7 Å². The summed E-state index contributed by atoms with van der Waals surface area (Å²) >= 11 is 12.3. The Hall–Kier alpha value is -2.81. The van der Waals surface area contributed by atoms with E-state index in [1.54, 1.807) is 24.3 Å². The van der Waals surface area contributed by atoms with Gasteiger partial charge in [-0.15, -0.1) is 0 Å². The molecule has 0 atom stereocenters. The van der Waals surface area contributed by atoms with Gasteiger partial charge in [-0.05, 0) is 63.9 Å².